The minimum atomic E-state index is -3.59. The summed E-state index contributed by atoms with van der Waals surface area (Å²) in [4.78, 5) is 0. The second-order valence-electron chi connectivity index (χ2n) is 2.85. The normalized spacial score (nSPS) is 13.2. The number of nitrogens with zero attached hydrogens (tertiary/aromatic N) is 1. The fourth-order valence-electron chi connectivity index (χ4n) is 0.991. The lowest BCUT2D eigenvalue weighted by molar-refractivity contribution is 0.600. The summed E-state index contributed by atoms with van der Waals surface area (Å²) in [5.74, 6) is 0. The number of rotatable bonds is 2. The van der Waals surface area contributed by atoms with Crippen molar-refractivity contribution in [1.82, 2.24) is 0 Å². The van der Waals surface area contributed by atoms with Gasteiger partial charge in [0.1, 0.15) is 0 Å². The van der Waals surface area contributed by atoms with E-state index in [2.05, 4.69) is 0 Å². The quantitative estimate of drug-likeness (QED) is 0.731. The van der Waals surface area contributed by atoms with Gasteiger partial charge < -0.3 is 0 Å². The molecule has 5 heteroatoms. The van der Waals surface area contributed by atoms with Crippen molar-refractivity contribution in [3.05, 3.63) is 35.4 Å². The lowest BCUT2D eigenvalue weighted by Crippen LogP contribution is -2.02. The van der Waals surface area contributed by atoms with Gasteiger partial charge in [-0.15, -0.1) is 0 Å². The maximum absolute atomic E-state index is 11.0. The average molecular weight is 230 g/mol. The summed E-state index contributed by atoms with van der Waals surface area (Å²) >= 11 is 0. The zero-order valence-electron chi connectivity index (χ0n) is 7.44. The molecule has 0 aliphatic carbocycles. The van der Waals surface area contributed by atoms with Crippen molar-refractivity contribution in [3.63, 3.8) is 0 Å². The van der Waals surface area contributed by atoms with E-state index in [4.69, 9.17) is 15.9 Å². The number of halogens is 1. The lowest BCUT2D eigenvalue weighted by Gasteiger charge is -2.06. The van der Waals surface area contributed by atoms with Gasteiger partial charge in [-0.05, 0) is 24.6 Å². The van der Waals surface area contributed by atoms with Gasteiger partial charge >= 0.3 is 0 Å². The van der Waals surface area contributed by atoms with E-state index in [1.54, 1.807) is 24.3 Å². The van der Waals surface area contributed by atoms with Crippen LogP contribution in [0.3, 0.4) is 0 Å². The predicted molar refractivity (Wildman–Crippen MR) is 54.3 cm³/mol. The fraction of sp³-hybridized carbons (Fsp3) is 0.222. The SMILES string of the molecule is CC(c1ccc(C#N)cc1)S(=O)(=O)Cl. The highest BCUT2D eigenvalue weighted by Gasteiger charge is 2.19. The van der Waals surface area contributed by atoms with Crippen molar-refractivity contribution >= 4 is 19.7 Å². The molecule has 0 heterocycles. The molecule has 0 radical (unpaired) electrons. The van der Waals surface area contributed by atoms with Gasteiger partial charge in [0.25, 0.3) is 0 Å². The summed E-state index contributed by atoms with van der Waals surface area (Å²) in [6.07, 6.45) is 0. The topological polar surface area (TPSA) is 57.9 Å². The molecule has 0 aliphatic heterocycles. The first-order chi connectivity index (χ1) is 6.45. The summed E-state index contributed by atoms with van der Waals surface area (Å²) < 4.78 is 22.0. The Hall–Kier alpha value is -1.05. The molecule has 1 aromatic rings. The number of hydrogen-bond donors (Lipinski definition) is 0. The van der Waals surface area contributed by atoms with Crippen LogP contribution in [0.2, 0.25) is 0 Å². The largest absolute Gasteiger partial charge is 0.239 e. The second-order valence-corrected chi connectivity index (χ2v) is 5.80. The van der Waals surface area contributed by atoms with Gasteiger partial charge in [0.05, 0.1) is 16.9 Å². The maximum Gasteiger partial charge on any atom is 0.239 e. The van der Waals surface area contributed by atoms with E-state index >= 15 is 0 Å². The molecule has 0 saturated carbocycles. The molecular formula is C9H8ClNO2S. The molecule has 0 saturated heterocycles. The Morgan fingerprint density at radius 2 is 1.86 bits per heavy atom. The van der Waals surface area contributed by atoms with E-state index in [0.29, 0.717) is 11.1 Å². The molecule has 1 unspecified atom stereocenters. The molecule has 3 nitrogen and oxygen atoms in total. The monoisotopic (exact) mass is 229 g/mol. The molecule has 0 fully saturated rings. The van der Waals surface area contributed by atoms with Gasteiger partial charge in [0.15, 0.2) is 0 Å². The molecule has 0 spiro atoms. The lowest BCUT2D eigenvalue weighted by atomic mass is 10.1. The smallest absolute Gasteiger partial charge is 0.212 e. The molecule has 14 heavy (non-hydrogen) atoms. The Kier molecular flexibility index (Phi) is 3.14. The van der Waals surface area contributed by atoms with Crippen LogP contribution in [-0.4, -0.2) is 8.42 Å². The Bertz CT molecular complexity index is 459. The summed E-state index contributed by atoms with van der Waals surface area (Å²) in [6, 6.07) is 8.25. The van der Waals surface area contributed by atoms with Crippen molar-refractivity contribution in [2.45, 2.75) is 12.2 Å². The number of nitriles is 1. The first kappa shape index (κ1) is 11.0. The summed E-state index contributed by atoms with van der Waals surface area (Å²) in [7, 11) is 1.61. The van der Waals surface area contributed by atoms with Crippen molar-refractivity contribution in [2.75, 3.05) is 0 Å². The van der Waals surface area contributed by atoms with Crippen LogP contribution in [0.15, 0.2) is 24.3 Å². The van der Waals surface area contributed by atoms with E-state index in [9.17, 15) is 8.42 Å². The van der Waals surface area contributed by atoms with E-state index in [-0.39, 0.29) is 0 Å². The average Bonchev–Trinajstić information content (AvgIpc) is 2.15. The Labute approximate surface area is 87.4 Å². The zero-order valence-corrected chi connectivity index (χ0v) is 9.01. The van der Waals surface area contributed by atoms with Crippen LogP contribution < -0.4 is 0 Å². The molecule has 0 N–H and O–H groups in total. The fourth-order valence-corrected chi connectivity index (χ4v) is 1.78. The first-order valence-corrected chi connectivity index (χ1v) is 6.26. The highest BCUT2D eigenvalue weighted by atomic mass is 35.7. The van der Waals surface area contributed by atoms with Crippen LogP contribution in [0.4, 0.5) is 0 Å². The van der Waals surface area contributed by atoms with Crippen LogP contribution >= 0.6 is 10.7 Å². The van der Waals surface area contributed by atoms with Crippen LogP contribution in [0, 0.1) is 11.3 Å². The highest BCUT2D eigenvalue weighted by Crippen LogP contribution is 2.24. The minimum Gasteiger partial charge on any atom is -0.212 e. The van der Waals surface area contributed by atoms with Gasteiger partial charge in [0, 0.05) is 10.7 Å². The highest BCUT2D eigenvalue weighted by molar-refractivity contribution is 8.13. The van der Waals surface area contributed by atoms with Gasteiger partial charge in [0.2, 0.25) is 9.05 Å². The Morgan fingerprint density at radius 3 is 2.21 bits per heavy atom. The molecule has 1 atom stereocenters. The van der Waals surface area contributed by atoms with Crippen LogP contribution in [-0.2, 0) is 9.05 Å². The molecule has 0 aliphatic rings. The van der Waals surface area contributed by atoms with Gasteiger partial charge in [-0.25, -0.2) is 8.42 Å². The summed E-state index contributed by atoms with van der Waals surface area (Å²) in [5, 5.41) is 7.78. The van der Waals surface area contributed by atoms with Gasteiger partial charge in [-0.2, -0.15) is 5.26 Å². The first-order valence-electron chi connectivity index (χ1n) is 3.88. The third-order valence-corrected chi connectivity index (χ3v) is 3.85. The number of benzene rings is 1. The second kappa shape index (κ2) is 3.99. The molecular weight excluding hydrogens is 222 g/mol. The van der Waals surface area contributed by atoms with Gasteiger partial charge in [-0.1, -0.05) is 12.1 Å². The van der Waals surface area contributed by atoms with Crippen LogP contribution in [0.25, 0.3) is 0 Å². The third-order valence-electron chi connectivity index (χ3n) is 1.93. The molecule has 1 aromatic carbocycles. The van der Waals surface area contributed by atoms with Crippen molar-refractivity contribution in [2.24, 2.45) is 0 Å². The maximum atomic E-state index is 11.0. The zero-order chi connectivity index (χ0) is 10.8. The third kappa shape index (κ3) is 2.47. The van der Waals surface area contributed by atoms with E-state index in [0.717, 1.165) is 0 Å². The predicted octanol–water partition coefficient (Wildman–Crippen LogP) is 2.19. The van der Waals surface area contributed by atoms with Crippen LogP contribution in [0.1, 0.15) is 23.3 Å². The summed E-state index contributed by atoms with van der Waals surface area (Å²) in [6.45, 7) is 1.50. The van der Waals surface area contributed by atoms with E-state index in [1.165, 1.54) is 6.92 Å². The molecule has 0 amide bonds. The molecule has 0 aromatic heterocycles. The Morgan fingerprint density at radius 1 is 1.36 bits per heavy atom. The molecule has 1 rings (SSSR count). The molecule has 74 valence electrons. The number of hydrogen-bond acceptors (Lipinski definition) is 3. The van der Waals surface area contributed by atoms with Gasteiger partial charge in [-0.3, -0.25) is 0 Å². The van der Waals surface area contributed by atoms with Crippen molar-refractivity contribution in [3.8, 4) is 6.07 Å². The van der Waals surface area contributed by atoms with Crippen molar-refractivity contribution in [1.29, 1.82) is 5.26 Å². The van der Waals surface area contributed by atoms with E-state index < -0.39 is 14.3 Å². The van der Waals surface area contributed by atoms with Crippen molar-refractivity contribution < 1.29 is 8.42 Å². The van der Waals surface area contributed by atoms with Crippen LogP contribution in [0.5, 0.6) is 0 Å². The van der Waals surface area contributed by atoms with E-state index in [1.807, 2.05) is 6.07 Å². The minimum absolute atomic E-state index is 0.493. The standard InChI is InChI=1S/C9H8ClNO2S/c1-7(14(10,12)13)9-4-2-8(6-11)3-5-9/h2-5,7H,1H3. The Balaban J connectivity index is 3.06. The molecule has 0 bridgehead atoms. The summed E-state index contributed by atoms with van der Waals surface area (Å²) in [5.41, 5.74) is 1.08.